The van der Waals surface area contributed by atoms with Gasteiger partial charge in [0.1, 0.15) is 16.5 Å². The Hall–Kier alpha value is -2.15. The predicted molar refractivity (Wildman–Crippen MR) is 80.2 cm³/mol. The summed E-state index contributed by atoms with van der Waals surface area (Å²) in [5.74, 6) is -0.126. The molecule has 7 heteroatoms. The molecule has 2 rings (SSSR count). The SMILES string of the molecule is CCCNc1ncccc1S(=O)(=O)Nc1ccc(F)cc1. The fourth-order valence-electron chi connectivity index (χ4n) is 1.71. The molecule has 112 valence electrons. The number of benzene rings is 1. The highest BCUT2D eigenvalue weighted by atomic mass is 32.2. The molecule has 2 N–H and O–H groups in total. The molecule has 0 amide bonds. The number of nitrogens with zero attached hydrogens (tertiary/aromatic N) is 1. The van der Waals surface area contributed by atoms with Crippen LogP contribution < -0.4 is 10.0 Å². The fourth-order valence-corrected chi connectivity index (χ4v) is 2.91. The summed E-state index contributed by atoms with van der Waals surface area (Å²) in [5.41, 5.74) is 0.293. The van der Waals surface area contributed by atoms with Crippen LogP contribution in [-0.2, 0) is 10.0 Å². The normalized spacial score (nSPS) is 11.1. The van der Waals surface area contributed by atoms with E-state index in [-0.39, 0.29) is 4.90 Å². The van der Waals surface area contributed by atoms with Crippen molar-refractivity contribution < 1.29 is 12.8 Å². The van der Waals surface area contributed by atoms with Crippen LogP contribution in [0.2, 0.25) is 0 Å². The third kappa shape index (κ3) is 3.91. The summed E-state index contributed by atoms with van der Waals surface area (Å²) in [6.07, 6.45) is 2.37. The second-order valence-corrected chi connectivity index (χ2v) is 6.04. The number of anilines is 2. The van der Waals surface area contributed by atoms with Gasteiger partial charge in [-0.3, -0.25) is 4.72 Å². The molecule has 0 fully saturated rings. The van der Waals surface area contributed by atoms with Crippen molar-refractivity contribution in [1.29, 1.82) is 0 Å². The minimum Gasteiger partial charge on any atom is -0.369 e. The lowest BCUT2D eigenvalue weighted by Gasteiger charge is -2.12. The van der Waals surface area contributed by atoms with Crippen LogP contribution in [0.4, 0.5) is 15.9 Å². The maximum absolute atomic E-state index is 12.8. The van der Waals surface area contributed by atoms with Crippen molar-refractivity contribution in [2.75, 3.05) is 16.6 Å². The molecule has 0 aliphatic carbocycles. The molecule has 0 saturated heterocycles. The van der Waals surface area contributed by atoms with Gasteiger partial charge in [0.2, 0.25) is 0 Å². The van der Waals surface area contributed by atoms with Gasteiger partial charge in [0.25, 0.3) is 10.0 Å². The van der Waals surface area contributed by atoms with Crippen molar-refractivity contribution in [3.8, 4) is 0 Å². The van der Waals surface area contributed by atoms with Gasteiger partial charge in [-0.15, -0.1) is 0 Å². The van der Waals surface area contributed by atoms with E-state index < -0.39 is 15.8 Å². The molecule has 2 aromatic rings. The van der Waals surface area contributed by atoms with E-state index in [9.17, 15) is 12.8 Å². The fraction of sp³-hybridized carbons (Fsp3) is 0.214. The summed E-state index contributed by atoms with van der Waals surface area (Å²) in [4.78, 5) is 4.11. The van der Waals surface area contributed by atoms with Crippen molar-refractivity contribution >= 4 is 21.5 Å². The van der Waals surface area contributed by atoms with Crippen molar-refractivity contribution in [1.82, 2.24) is 4.98 Å². The Morgan fingerprint density at radius 2 is 1.90 bits per heavy atom. The van der Waals surface area contributed by atoms with Gasteiger partial charge in [0.15, 0.2) is 0 Å². The van der Waals surface area contributed by atoms with Gasteiger partial charge in [-0.2, -0.15) is 0 Å². The molecule has 0 unspecified atom stereocenters. The molecule has 1 aromatic carbocycles. The zero-order valence-electron chi connectivity index (χ0n) is 11.5. The van der Waals surface area contributed by atoms with E-state index >= 15 is 0 Å². The topological polar surface area (TPSA) is 71.1 Å². The summed E-state index contributed by atoms with van der Waals surface area (Å²) in [7, 11) is -3.78. The van der Waals surface area contributed by atoms with Gasteiger partial charge < -0.3 is 5.32 Å². The first kappa shape index (κ1) is 15.2. The van der Waals surface area contributed by atoms with E-state index in [1.165, 1.54) is 36.5 Å². The molecule has 0 aliphatic rings. The first-order chi connectivity index (χ1) is 10.0. The number of hydrogen-bond donors (Lipinski definition) is 2. The highest BCUT2D eigenvalue weighted by molar-refractivity contribution is 7.92. The number of halogens is 1. The smallest absolute Gasteiger partial charge is 0.265 e. The zero-order valence-corrected chi connectivity index (χ0v) is 12.3. The average Bonchev–Trinajstić information content (AvgIpc) is 2.47. The van der Waals surface area contributed by atoms with E-state index in [2.05, 4.69) is 15.0 Å². The molecule has 1 heterocycles. The van der Waals surface area contributed by atoms with E-state index in [1.54, 1.807) is 6.07 Å². The first-order valence-electron chi connectivity index (χ1n) is 6.50. The van der Waals surface area contributed by atoms with Crippen molar-refractivity contribution in [2.24, 2.45) is 0 Å². The highest BCUT2D eigenvalue weighted by Gasteiger charge is 2.19. The maximum atomic E-state index is 12.8. The lowest BCUT2D eigenvalue weighted by atomic mass is 10.3. The first-order valence-corrected chi connectivity index (χ1v) is 7.98. The Morgan fingerprint density at radius 3 is 2.57 bits per heavy atom. The summed E-state index contributed by atoms with van der Waals surface area (Å²) >= 11 is 0. The van der Waals surface area contributed by atoms with Gasteiger partial charge in [0.05, 0.1) is 0 Å². The average molecular weight is 309 g/mol. The molecule has 0 spiro atoms. The Kier molecular flexibility index (Phi) is 4.74. The molecule has 0 bridgehead atoms. The minimum atomic E-state index is -3.78. The van der Waals surface area contributed by atoms with Crippen LogP contribution in [0.5, 0.6) is 0 Å². The molecule has 21 heavy (non-hydrogen) atoms. The number of hydrogen-bond acceptors (Lipinski definition) is 4. The lowest BCUT2D eigenvalue weighted by Crippen LogP contribution is -2.16. The standard InChI is InChI=1S/C14H16FN3O2S/c1-2-9-16-14-13(4-3-10-17-14)21(19,20)18-12-7-5-11(15)6-8-12/h3-8,10,18H,2,9H2,1H3,(H,16,17). The van der Waals surface area contributed by atoms with Gasteiger partial charge in [-0.1, -0.05) is 6.92 Å². The molecule has 0 saturated carbocycles. The van der Waals surface area contributed by atoms with E-state index in [4.69, 9.17) is 0 Å². The summed E-state index contributed by atoms with van der Waals surface area (Å²) in [6, 6.07) is 8.13. The summed E-state index contributed by atoms with van der Waals surface area (Å²) in [6.45, 7) is 2.59. The van der Waals surface area contributed by atoms with Gasteiger partial charge >= 0.3 is 0 Å². The molecule has 0 atom stereocenters. The van der Waals surface area contributed by atoms with E-state index in [0.29, 0.717) is 18.1 Å². The van der Waals surface area contributed by atoms with Crippen molar-refractivity contribution in [3.05, 3.63) is 48.4 Å². The van der Waals surface area contributed by atoms with Crippen LogP contribution in [0.1, 0.15) is 13.3 Å². The van der Waals surface area contributed by atoms with E-state index in [0.717, 1.165) is 6.42 Å². The maximum Gasteiger partial charge on any atom is 0.265 e. The van der Waals surface area contributed by atoms with Gasteiger partial charge in [-0.25, -0.2) is 17.8 Å². The van der Waals surface area contributed by atoms with Crippen LogP contribution in [0.3, 0.4) is 0 Å². The quantitative estimate of drug-likeness (QED) is 0.861. The van der Waals surface area contributed by atoms with Gasteiger partial charge in [-0.05, 0) is 42.8 Å². The van der Waals surface area contributed by atoms with Crippen LogP contribution in [0.15, 0.2) is 47.5 Å². The number of rotatable bonds is 6. The van der Waals surface area contributed by atoms with Crippen LogP contribution in [0.25, 0.3) is 0 Å². The number of aromatic nitrogens is 1. The highest BCUT2D eigenvalue weighted by Crippen LogP contribution is 2.21. The Bertz CT molecular complexity index is 702. The molecule has 1 aromatic heterocycles. The second kappa shape index (κ2) is 6.53. The number of pyridine rings is 1. The van der Waals surface area contributed by atoms with Crippen LogP contribution >= 0.6 is 0 Å². The molecule has 0 aliphatic heterocycles. The van der Waals surface area contributed by atoms with Gasteiger partial charge in [0, 0.05) is 18.4 Å². The third-order valence-electron chi connectivity index (χ3n) is 2.70. The number of nitrogens with one attached hydrogen (secondary N) is 2. The summed E-state index contributed by atoms with van der Waals surface area (Å²) in [5, 5.41) is 2.97. The van der Waals surface area contributed by atoms with Crippen LogP contribution in [0, 0.1) is 5.82 Å². The zero-order chi connectivity index (χ0) is 15.3. The Morgan fingerprint density at radius 1 is 1.19 bits per heavy atom. The van der Waals surface area contributed by atoms with Crippen LogP contribution in [-0.4, -0.2) is 19.9 Å². The largest absolute Gasteiger partial charge is 0.369 e. The molecule has 0 radical (unpaired) electrons. The Labute approximate surface area is 123 Å². The molecular weight excluding hydrogens is 293 g/mol. The molecular formula is C14H16FN3O2S. The lowest BCUT2D eigenvalue weighted by molar-refractivity contribution is 0.601. The monoisotopic (exact) mass is 309 g/mol. The Balaban J connectivity index is 2.29. The van der Waals surface area contributed by atoms with Crippen molar-refractivity contribution in [3.63, 3.8) is 0 Å². The number of sulfonamides is 1. The van der Waals surface area contributed by atoms with Crippen molar-refractivity contribution in [2.45, 2.75) is 18.2 Å². The van der Waals surface area contributed by atoms with E-state index in [1.807, 2.05) is 6.92 Å². The summed E-state index contributed by atoms with van der Waals surface area (Å²) < 4.78 is 40.0. The third-order valence-corrected chi connectivity index (χ3v) is 4.11. The minimum absolute atomic E-state index is 0.0581. The second-order valence-electron chi connectivity index (χ2n) is 4.39. The predicted octanol–water partition coefficient (Wildman–Crippen LogP) is 2.84. The molecule has 5 nitrogen and oxygen atoms in total.